The first-order valence-corrected chi connectivity index (χ1v) is 10.6. The molecule has 3 rings (SSSR count). The summed E-state index contributed by atoms with van der Waals surface area (Å²) < 4.78 is 27.6. The minimum Gasteiger partial charge on any atom is -0.264 e. The van der Waals surface area contributed by atoms with E-state index in [0.29, 0.717) is 23.9 Å². The Kier molecular flexibility index (Phi) is 5.22. The normalized spacial score (nSPS) is 17.4. The highest BCUT2D eigenvalue weighted by Crippen LogP contribution is 2.32. The van der Waals surface area contributed by atoms with Gasteiger partial charge in [-0.25, -0.2) is 8.42 Å². The molecule has 0 bridgehead atoms. The van der Waals surface area contributed by atoms with E-state index in [9.17, 15) is 8.42 Å². The lowest BCUT2D eigenvalue weighted by Crippen LogP contribution is -2.38. The Labute approximate surface area is 157 Å². The van der Waals surface area contributed by atoms with Gasteiger partial charge in [0.05, 0.1) is 4.90 Å². The average Bonchev–Trinajstić information content (AvgIpc) is 2.62. The Morgan fingerprint density at radius 2 is 1.65 bits per heavy atom. The minimum absolute atomic E-state index is 0.0169. The first kappa shape index (κ1) is 19.1. The minimum atomic E-state index is -3.42. The van der Waals surface area contributed by atoms with E-state index in [1.807, 2.05) is 24.5 Å². The van der Waals surface area contributed by atoms with Crippen molar-refractivity contribution in [2.24, 2.45) is 0 Å². The summed E-state index contributed by atoms with van der Waals surface area (Å²) in [7, 11) is -3.42. The zero-order valence-electron chi connectivity index (χ0n) is 16.1. The fraction of sp³-hybridized carbons (Fsp3) is 0.476. The summed E-state index contributed by atoms with van der Waals surface area (Å²) in [6.07, 6.45) is 5.41. The predicted molar refractivity (Wildman–Crippen MR) is 105 cm³/mol. The molecule has 0 radical (unpaired) electrons. The molecule has 1 aliphatic heterocycles. The number of hydrogen-bond donors (Lipinski definition) is 0. The second-order valence-electron chi connectivity index (χ2n) is 8.18. The van der Waals surface area contributed by atoms with Gasteiger partial charge >= 0.3 is 0 Å². The average molecular weight is 373 g/mol. The van der Waals surface area contributed by atoms with Crippen LogP contribution in [0.1, 0.15) is 56.2 Å². The number of piperidine rings is 1. The third-order valence-electron chi connectivity index (χ3n) is 5.32. The van der Waals surface area contributed by atoms with Crippen LogP contribution in [0.3, 0.4) is 0 Å². The van der Waals surface area contributed by atoms with Gasteiger partial charge in [-0.3, -0.25) is 4.98 Å². The van der Waals surface area contributed by atoms with Gasteiger partial charge in [0.15, 0.2) is 0 Å². The number of rotatable bonds is 3. The van der Waals surface area contributed by atoms with Gasteiger partial charge in [-0.1, -0.05) is 32.9 Å². The van der Waals surface area contributed by atoms with Crippen LogP contribution in [-0.2, 0) is 15.4 Å². The molecule has 1 saturated heterocycles. The van der Waals surface area contributed by atoms with Crippen LogP contribution in [0, 0.1) is 6.92 Å². The Bertz CT molecular complexity index is 860. The number of hydrogen-bond acceptors (Lipinski definition) is 3. The quantitative estimate of drug-likeness (QED) is 0.809. The molecule has 0 N–H and O–H groups in total. The molecule has 0 spiro atoms. The topological polar surface area (TPSA) is 50.3 Å². The van der Waals surface area contributed by atoms with Crippen LogP contribution in [0.4, 0.5) is 0 Å². The molecule has 2 heterocycles. The van der Waals surface area contributed by atoms with Crippen LogP contribution >= 0.6 is 0 Å². The summed E-state index contributed by atoms with van der Waals surface area (Å²) in [4.78, 5) is 4.54. The highest BCUT2D eigenvalue weighted by Gasteiger charge is 2.30. The zero-order chi connectivity index (χ0) is 18.9. The van der Waals surface area contributed by atoms with Gasteiger partial charge in [0.2, 0.25) is 10.0 Å². The van der Waals surface area contributed by atoms with E-state index in [0.717, 1.165) is 18.4 Å². The van der Waals surface area contributed by atoms with Crippen molar-refractivity contribution >= 4 is 10.0 Å². The fourth-order valence-corrected chi connectivity index (χ4v) is 5.10. The molecule has 0 atom stereocenters. The second kappa shape index (κ2) is 7.12. The number of pyridine rings is 1. The molecule has 0 saturated carbocycles. The Morgan fingerprint density at radius 3 is 2.19 bits per heavy atom. The Morgan fingerprint density at radius 1 is 1.04 bits per heavy atom. The van der Waals surface area contributed by atoms with Gasteiger partial charge in [-0.15, -0.1) is 0 Å². The lowest BCUT2D eigenvalue weighted by Gasteiger charge is -2.32. The van der Waals surface area contributed by atoms with Crippen molar-refractivity contribution in [3.05, 3.63) is 59.4 Å². The van der Waals surface area contributed by atoms with Crippen molar-refractivity contribution in [1.82, 2.24) is 9.29 Å². The van der Waals surface area contributed by atoms with Gasteiger partial charge in [-0.05, 0) is 66.0 Å². The van der Waals surface area contributed by atoms with Crippen molar-refractivity contribution in [3.8, 4) is 0 Å². The van der Waals surface area contributed by atoms with Crippen molar-refractivity contribution in [3.63, 3.8) is 0 Å². The van der Waals surface area contributed by atoms with E-state index < -0.39 is 10.0 Å². The highest BCUT2D eigenvalue weighted by atomic mass is 32.2. The van der Waals surface area contributed by atoms with Crippen molar-refractivity contribution in [2.45, 2.75) is 56.8 Å². The Hall–Kier alpha value is -1.72. The first-order chi connectivity index (χ1) is 12.2. The van der Waals surface area contributed by atoms with Crippen LogP contribution in [0.15, 0.2) is 47.6 Å². The molecule has 5 heteroatoms. The predicted octanol–water partition coefficient (Wildman–Crippen LogP) is 4.26. The molecular weight excluding hydrogens is 344 g/mol. The molecule has 26 heavy (non-hydrogen) atoms. The number of benzene rings is 1. The van der Waals surface area contributed by atoms with Crippen LogP contribution in [0.25, 0.3) is 0 Å². The molecule has 0 amide bonds. The van der Waals surface area contributed by atoms with E-state index in [2.05, 4.69) is 38.7 Å². The summed E-state index contributed by atoms with van der Waals surface area (Å²) in [5.74, 6) is 0.410. The van der Waals surface area contributed by atoms with Gasteiger partial charge in [0.25, 0.3) is 0 Å². The Balaban J connectivity index is 1.73. The van der Waals surface area contributed by atoms with E-state index in [-0.39, 0.29) is 5.41 Å². The van der Waals surface area contributed by atoms with Gasteiger partial charge in [0.1, 0.15) is 0 Å². The van der Waals surface area contributed by atoms with E-state index in [1.54, 1.807) is 16.4 Å². The lowest BCUT2D eigenvalue weighted by atomic mass is 9.87. The molecule has 1 fully saturated rings. The van der Waals surface area contributed by atoms with Crippen molar-refractivity contribution in [2.75, 3.05) is 13.1 Å². The molecule has 0 unspecified atom stereocenters. The SMILES string of the molecule is Cc1cnccc1C1CCN(S(=O)(=O)c2ccc(C(C)(C)C)cc2)CC1. The molecule has 2 aromatic rings. The summed E-state index contributed by atoms with van der Waals surface area (Å²) in [5.41, 5.74) is 3.64. The van der Waals surface area contributed by atoms with E-state index in [1.165, 1.54) is 11.1 Å². The lowest BCUT2D eigenvalue weighted by molar-refractivity contribution is 0.319. The summed E-state index contributed by atoms with van der Waals surface area (Å²) >= 11 is 0. The van der Waals surface area contributed by atoms with E-state index in [4.69, 9.17) is 0 Å². The molecule has 1 aromatic heterocycles. The van der Waals surface area contributed by atoms with Crippen LogP contribution in [-0.4, -0.2) is 30.8 Å². The zero-order valence-corrected chi connectivity index (χ0v) is 16.9. The maximum absolute atomic E-state index is 13.0. The molecule has 0 aliphatic carbocycles. The largest absolute Gasteiger partial charge is 0.264 e. The summed E-state index contributed by atoms with van der Waals surface area (Å²) in [6, 6.07) is 9.42. The van der Waals surface area contributed by atoms with Crippen LogP contribution < -0.4 is 0 Å². The number of aryl methyl sites for hydroxylation is 1. The van der Waals surface area contributed by atoms with Gasteiger partial charge in [-0.2, -0.15) is 4.31 Å². The first-order valence-electron chi connectivity index (χ1n) is 9.21. The number of sulfonamides is 1. The third-order valence-corrected chi connectivity index (χ3v) is 7.23. The maximum Gasteiger partial charge on any atom is 0.243 e. The fourth-order valence-electron chi connectivity index (χ4n) is 3.63. The highest BCUT2D eigenvalue weighted by molar-refractivity contribution is 7.89. The number of aromatic nitrogens is 1. The van der Waals surface area contributed by atoms with Crippen molar-refractivity contribution in [1.29, 1.82) is 0 Å². The van der Waals surface area contributed by atoms with Gasteiger partial charge < -0.3 is 0 Å². The molecule has 4 nitrogen and oxygen atoms in total. The second-order valence-corrected chi connectivity index (χ2v) is 10.1. The van der Waals surface area contributed by atoms with Crippen molar-refractivity contribution < 1.29 is 8.42 Å². The maximum atomic E-state index is 13.0. The molecule has 1 aliphatic rings. The standard InChI is InChI=1S/C21H28N2O2S/c1-16-15-22-12-9-20(16)17-10-13-23(14-11-17)26(24,25)19-7-5-18(6-8-19)21(2,3)4/h5-9,12,15,17H,10-11,13-14H2,1-4H3. The third kappa shape index (κ3) is 3.84. The monoisotopic (exact) mass is 372 g/mol. The molecule has 1 aromatic carbocycles. The summed E-state index contributed by atoms with van der Waals surface area (Å²) in [5, 5.41) is 0. The summed E-state index contributed by atoms with van der Waals surface area (Å²) in [6.45, 7) is 9.58. The van der Waals surface area contributed by atoms with Gasteiger partial charge in [0, 0.05) is 25.5 Å². The van der Waals surface area contributed by atoms with Crippen LogP contribution in [0.2, 0.25) is 0 Å². The smallest absolute Gasteiger partial charge is 0.243 e. The molecular formula is C21H28N2O2S. The van der Waals surface area contributed by atoms with Crippen LogP contribution in [0.5, 0.6) is 0 Å². The van der Waals surface area contributed by atoms with E-state index >= 15 is 0 Å². The number of nitrogens with zero attached hydrogens (tertiary/aromatic N) is 2. The molecule has 140 valence electrons.